The molecule has 0 saturated carbocycles. The molecule has 286 valence electrons. The van der Waals surface area contributed by atoms with Crippen molar-refractivity contribution in [3.8, 4) is 0 Å². The van der Waals surface area contributed by atoms with E-state index in [1.807, 2.05) is 9.80 Å². The third kappa shape index (κ3) is 11.5. The number of sulfonamides is 1. The highest BCUT2D eigenvalue weighted by Gasteiger charge is 2.29. The average molecular weight is 760 g/mol. The van der Waals surface area contributed by atoms with Crippen LogP contribution in [-0.2, 0) is 14.8 Å². The Balaban J connectivity index is 0.00000605. The van der Waals surface area contributed by atoms with Crippen molar-refractivity contribution >= 4 is 68.9 Å². The molecule has 0 aliphatic carbocycles. The summed E-state index contributed by atoms with van der Waals surface area (Å²) in [6.45, 7) is 6.52. The van der Waals surface area contributed by atoms with Gasteiger partial charge in [-0.05, 0) is 67.6 Å². The molecule has 0 spiro atoms. The average Bonchev–Trinajstić information content (AvgIpc) is 3.05. The standard InChI is InChI=1S/C34H53N13O3S.ClH/c1-21(2)6-4-3-5-7-31(48)40-26-8-11-28(12-9-26)51(49,50)45-30-13-10-27(16-29(30)39)41-32-42-33(46-17-22(35)14-23(36)18-46)44-34(43-32)47-19-24(37)15-25(38)20-47;/h8-13,16,21-25,45H,3-7,14-15,17-20,35-39H2,1-2H3,(H,40,48)(H,41,42,43,44);1H/t22-,23+,24-,25+;. The first-order valence-electron chi connectivity index (χ1n) is 17.6. The summed E-state index contributed by atoms with van der Waals surface area (Å²) < 4.78 is 29.0. The number of carbonyl (C=O) groups is 1. The smallest absolute Gasteiger partial charge is 0.261 e. The fourth-order valence-corrected chi connectivity index (χ4v) is 7.49. The van der Waals surface area contributed by atoms with Crippen LogP contribution in [0.1, 0.15) is 58.8 Å². The van der Waals surface area contributed by atoms with Gasteiger partial charge < -0.3 is 49.1 Å². The van der Waals surface area contributed by atoms with Crippen LogP contribution in [0.5, 0.6) is 0 Å². The number of amides is 1. The van der Waals surface area contributed by atoms with E-state index in [2.05, 4.69) is 39.2 Å². The number of hydrogen-bond acceptors (Lipinski definition) is 14. The molecule has 52 heavy (non-hydrogen) atoms. The molecule has 2 saturated heterocycles. The normalized spacial score (nSPS) is 20.7. The number of rotatable bonds is 14. The van der Waals surface area contributed by atoms with E-state index in [0.717, 1.165) is 25.7 Å². The maximum Gasteiger partial charge on any atom is 0.261 e. The van der Waals surface area contributed by atoms with E-state index in [4.69, 9.17) is 33.7 Å². The number of aromatic nitrogens is 3. The van der Waals surface area contributed by atoms with E-state index in [9.17, 15) is 13.2 Å². The lowest BCUT2D eigenvalue weighted by Gasteiger charge is -2.37. The summed E-state index contributed by atoms with van der Waals surface area (Å²) in [6.07, 6.45) is 5.89. The Morgan fingerprint density at radius 3 is 1.87 bits per heavy atom. The Labute approximate surface area is 312 Å². The van der Waals surface area contributed by atoms with Crippen molar-refractivity contribution in [3.05, 3.63) is 42.5 Å². The van der Waals surface area contributed by atoms with Crippen molar-refractivity contribution in [3.63, 3.8) is 0 Å². The molecule has 2 fully saturated rings. The highest BCUT2D eigenvalue weighted by atomic mass is 35.5. The van der Waals surface area contributed by atoms with Crippen LogP contribution < -0.4 is 53.8 Å². The summed E-state index contributed by atoms with van der Waals surface area (Å²) in [5.74, 6) is 1.64. The Morgan fingerprint density at radius 2 is 1.35 bits per heavy atom. The van der Waals surface area contributed by atoms with Gasteiger partial charge in [-0.15, -0.1) is 12.4 Å². The third-order valence-electron chi connectivity index (χ3n) is 8.89. The van der Waals surface area contributed by atoms with Gasteiger partial charge in [-0.25, -0.2) is 8.42 Å². The van der Waals surface area contributed by atoms with Gasteiger partial charge in [0.05, 0.1) is 16.3 Å². The number of nitrogen functional groups attached to an aromatic ring is 1. The van der Waals surface area contributed by atoms with Gasteiger partial charge in [-0.1, -0.05) is 33.1 Å². The van der Waals surface area contributed by atoms with E-state index in [0.29, 0.717) is 74.6 Å². The minimum atomic E-state index is -3.98. The van der Waals surface area contributed by atoms with Crippen molar-refractivity contribution in [2.45, 2.75) is 87.9 Å². The molecule has 18 heteroatoms. The predicted octanol–water partition coefficient (Wildman–Crippen LogP) is 2.69. The molecular formula is C34H54ClN13O3S. The summed E-state index contributed by atoms with van der Waals surface area (Å²) in [5.41, 5.74) is 32.8. The largest absolute Gasteiger partial charge is 0.397 e. The first-order chi connectivity index (χ1) is 24.2. The molecule has 2 aliphatic rings. The van der Waals surface area contributed by atoms with Gasteiger partial charge in [-0.3, -0.25) is 9.52 Å². The number of benzene rings is 2. The van der Waals surface area contributed by atoms with Gasteiger partial charge in [0.25, 0.3) is 10.0 Å². The molecule has 3 heterocycles. The maximum atomic E-state index is 13.2. The molecule has 3 aromatic rings. The third-order valence-corrected chi connectivity index (χ3v) is 10.3. The SMILES string of the molecule is CC(C)CCCCCC(=O)Nc1ccc(S(=O)(=O)Nc2ccc(Nc3nc(N4C[C@H](N)C[C@H](N)C4)nc(N4C[C@H](N)C[C@H](N)C4)n3)cc2N)cc1.Cl. The van der Waals surface area contributed by atoms with Crippen LogP contribution in [0, 0.1) is 5.92 Å². The van der Waals surface area contributed by atoms with Crippen molar-refractivity contribution in [2.75, 3.05) is 57.1 Å². The molecule has 2 aromatic carbocycles. The second kappa shape index (κ2) is 18.2. The molecule has 0 bridgehead atoms. The molecular weight excluding hydrogens is 706 g/mol. The van der Waals surface area contributed by atoms with Crippen molar-refractivity contribution in [1.82, 2.24) is 15.0 Å². The molecule has 16 nitrogen and oxygen atoms in total. The van der Waals surface area contributed by atoms with Gasteiger partial charge in [0.2, 0.25) is 23.8 Å². The van der Waals surface area contributed by atoms with E-state index in [-0.39, 0.29) is 64.7 Å². The van der Waals surface area contributed by atoms with E-state index >= 15 is 0 Å². The molecule has 1 amide bonds. The van der Waals surface area contributed by atoms with Gasteiger partial charge in [0.1, 0.15) is 0 Å². The van der Waals surface area contributed by atoms with E-state index in [1.165, 1.54) is 12.1 Å². The summed E-state index contributed by atoms with van der Waals surface area (Å²) in [6, 6.07) is 10.3. The monoisotopic (exact) mass is 759 g/mol. The highest BCUT2D eigenvalue weighted by Crippen LogP contribution is 2.29. The zero-order chi connectivity index (χ0) is 36.7. The molecule has 4 atom stereocenters. The molecule has 1 aromatic heterocycles. The fraction of sp³-hybridized carbons (Fsp3) is 0.529. The number of halogens is 1. The Morgan fingerprint density at radius 1 is 0.808 bits per heavy atom. The Hall–Kier alpha value is -4.00. The first kappa shape index (κ1) is 40.8. The van der Waals surface area contributed by atoms with Gasteiger partial charge >= 0.3 is 0 Å². The van der Waals surface area contributed by atoms with Crippen LogP contribution in [-0.4, -0.2) is 79.6 Å². The predicted molar refractivity (Wildman–Crippen MR) is 211 cm³/mol. The van der Waals surface area contributed by atoms with Crippen molar-refractivity contribution in [2.24, 2.45) is 28.9 Å². The minimum Gasteiger partial charge on any atom is -0.397 e. The van der Waals surface area contributed by atoms with Crippen LogP contribution in [0.15, 0.2) is 47.4 Å². The first-order valence-corrected chi connectivity index (χ1v) is 19.1. The molecule has 5 rings (SSSR count). The van der Waals surface area contributed by atoms with E-state index in [1.54, 1.807) is 30.3 Å². The number of nitrogens with two attached hydrogens (primary N) is 5. The second-order valence-corrected chi connectivity index (χ2v) is 15.9. The van der Waals surface area contributed by atoms with Crippen LogP contribution in [0.4, 0.5) is 40.6 Å². The number of nitrogens with one attached hydrogen (secondary N) is 3. The fourth-order valence-electron chi connectivity index (χ4n) is 6.40. The zero-order valence-corrected chi connectivity index (χ0v) is 31.5. The Bertz CT molecular complexity index is 1680. The van der Waals surface area contributed by atoms with Crippen LogP contribution in [0.2, 0.25) is 0 Å². The molecule has 0 unspecified atom stereocenters. The minimum absolute atomic E-state index is 0. The number of carbonyl (C=O) groups excluding carboxylic acids is 1. The summed E-state index contributed by atoms with van der Waals surface area (Å²) >= 11 is 0. The highest BCUT2D eigenvalue weighted by molar-refractivity contribution is 7.92. The van der Waals surface area contributed by atoms with Gasteiger partial charge in [-0.2, -0.15) is 15.0 Å². The summed E-state index contributed by atoms with van der Waals surface area (Å²) in [7, 11) is -3.98. The summed E-state index contributed by atoms with van der Waals surface area (Å²) in [4.78, 5) is 30.4. The van der Waals surface area contributed by atoms with Gasteiger partial charge in [0, 0.05) is 68.1 Å². The Kier molecular flexibility index (Phi) is 14.2. The molecule has 2 aliphatic heterocycles. The maximum absolute atomic E-state index is 13.2. The van der Waals surface area contributed by atoms with E-state index < -0.39 is 10.0 Å². The molecule has 13 N–H and O–H groups in total. The number of nitrogens with zero attached hydrogens (tertiary/aromatic N) is 5. The lowest BCUT2D eigenvalue weighted by atomic mass is 10.0. The number of unbranched alkanes of at least 4 members (excludes halogenated alkanes) is 2. The van der Waals surface area contributed by atoms with Crippen molar-refractivity contribution in [1.29, 1.82) is 0 Å². The van der Waals surface area contributed by atoms with Crippen LogP contribution in [0.25, 0.3) is 0 Å². The van der Waals surface area contributed by atoms with Crippen LogP contribution in [0.3, 0.4) is 0 Å². The van der Waals surface area contributed by atoms with Gasteiger partial charge in [0.15, 0.2) is 0 Å². The van der Waals surface area contributed by atoms with Crippen molar-refractivity contribution < 1.29 is 13.2 Å². The number of piperidine rings is 2. The molecule has 0 radical (unpaired) electrons. The lowest BCUT2D eigenvalue weighted by molar-refractivity contribution is -0.116. The summed E-state index contributed by atoms with van der Waals surface area (Å²) in [5, 5.41) is 6.02. The quantitative estimate of drug-likeness (QED) is 0.0868. The van der Waals surface area contributed by atoms with Crippen LogP contribution >= 0.6 is 12.4 Å². The zero-order valence-electron chi connectivity index (χ0n) is 29.9. The number of hydrogen-bond donors (Lipinski definition) is 8. The number of anilines is 7. The second-order valence-electron chi connectivity index (χ2n) is 14.2. The topological polar surface area (TPSA) is 263 Å². The lowest BCUT2D eigenvalue weighted by Crippen LogP contribution is -2.54.